The van der Waals surface area contributed by atoms with Crippen LogP contribution in [0, 0.1) is 3.70 Å². The Morgan fingerprint density at radius 2 is 2.29 bits per heavy atom. The van der Waals surface area contributed by atoms with Crippen LogP contribution in [0.1, 0.15) is 11.7 Å². The Hall–Kier alpha value is -0.430. The Morgan fingerprint density at radius 1 is 1.57 bits per heavy atom. The molecule has 0 radical (unpaired) electrons. The molecular weight excluding hydrogens is 359 g/mol. The average Bonchev–Trinajstić information content (AvgIpc) is 2.40. The lowest BCUT2D eigenvalue weighted by atomic mass is 10.3. The Labute approximate surface area is 103 Å². The minimum absolute atomic E-state index is 0.0185. The highest BCUT2D eigenvalue weighted by molar-refractivity contribution is 14.1. The number of fused-ring (bicyclic) bond motifs is 1. The van der Waals surface area contributed by atoms with Gasteiger partial charge in [-0.15, -0.1) is 0 Å². The summed E-state index contributed by atoms with van der Waals surface area (Å²) in [5, 5.41) is 0.979. The van der Waals surface area contributed by atoms with E-state index in [1.165, 1.54) is 6.92 Å². The third-order valence-electron chi connectivity index (χ3n) is 1.89. The summed E-state index contributed by atoms with van der Waals surface area (Å²) < 4.78 is 3.22. The van der Waals surface area contributed by atoms with Crippen molar-refractivity contribution >= 4 is 55.5 Å². The van der Waals surface area contributed by atoms with Crippen LogP contribution in [0.5, 0.6) is 0 Å². The molecule has 2 aromatic heterocycles. The Balaban J connectivity index is 2.86. The lowest BCUT2D eigenvalue weighted by Crippen LogP contribution is -2.07. The zero-order chi connectivity index (χ0) is 10.3. The summed E-state index contributed by atoms with van der Waals surface area (Å²) in [4.78, 5) is 15.6. The van der Waals surface area contributed by atoms with Gasteiger partial charge < -0.3 is 0 Å². The summed E-state index contributed by atoms with van der Waals surface area (Å²) in [7, 11) is 0. The number of pyridine rings is 1. The number of hydrogen-bond acceptors (Lipinski definition) is 2. The van der Waals surface area contributed by atoms with E-state index in [1.807, 2.05) is 18.2 Å². The standard InChI is InChI=1S/C9H6BrIN2O/c1-5(14)13-8(11)4-6-2-3-7(10)12-9(6)13/h2-4H,1H3. The topological polar surface area (TPSA) is 34.9 Å². The average molecular weight is 365 g/mol. The molecule has 2 heterocycles. The van der Waals surface area contributed by atoms with E-state index in [1.54, 1.807) is 4.57 Å². The van der Waals surface area contributed by atoms with Gasteiger partial charge in [-0.2, -0.15) is 0 Å². The molecule has 0 unspecified atom stereocenters. The summed E-state index contributed by atoms with van der Waals surface area (Å²) in [5.41, 5.74) is 0.705. The van der Waals surface area contributed by atoms with E-state index in [-0.39, 0.29) is 5.91 Å². The molecule has 0 aliphatic heterocycles. The first-order chi connectivity index (χ1) is 6.59. The Kier molecular flexibility index (Phi) is 2.61. The first-order valence-electron chi connectivity index (χ1n) is 3.94. The van der Waals surface area contributed by atoms with E-state index in [0.717, 1.165) is 13.7 Å². The monoisotopic (exact) mass is 364 g/mol. The highest BCUT2D eigenvalue weighted by Crippen LogP contribution is 2.21. The SMILES string of the molecule is CC(=O)n1c(I)cc2ccc(Br)nc21. The molecule has 3 nitrogen and oxygen atoms in total. The number of hydrogen-bond donors (Lipinski definition) is 0. The lowest BCUT2D eigenvalue weighted by molar-refractivity contribution is 0.0938. The molecule has 5 heteroatoms. The van der Waals surface area contributed by atoms with Crippen LogP contribution in [0.25, 0.3) is 11.0 Å². The van der Waals surface area contributed by atoms with Crippen LogP contribution in [0.2, 0.25) is 0 Å². The zero-order valence-electron chi connectivity index (χ0n) is 7.29. The van der Waals surface area contributed by atoms with Crippen molar-refractivity contribution < 1.29 is 4.79 Å². The maximum Gasteiger partial charge on any atom is 0.229 e. The summed E-state index contributed by atoms with van der Waals surface area (Å²) in [6, 6.07) is 5.74. The zero-order valence-corrected chi connectivity index (χ0v) is 11.0. The van der Waals surface area contributed by atoms with Gasteiger partial charge in [0.1, 0.15) is 10.3 Å². The summed E-state index contributed by atoms with van der Waals surface area (Å²) in [5.74, 6) is -0.0185. The molecule has 0 spiro atoms. The minimum Gasteiger partial charge on any atom is -0.274 e. The van der Waals surface area contributed by atoms with Crippen molar-refractivity contribution in [2.24, 2.45) is 0 Å². The predicted octanol–water partition coefficient (Wildman–Crippen LogP) is 3.06. The lowest BCUT2D eigenvalue weighted by Gasteiger charge is -2.00. The van der Waals surface area contributed by atoms with Gasteiger partial charge in [0.2, 0.25) is 5.91 Å². The largest absolute Gasteiger partial charge is 0.274 e. The molecule has 0 fully saturated rings. The van der Waals surface area contributed by atoms with Crippen LogP contribution in [-0.4, -0.2) is 15.5 Å². The molecule has 0 atom stereocenters. The molecule has 2 rings (SSSR count). The molecule has 14 heavy (non-hydrogen) atoms. The quantitative estimate of drug-likeness (QED) is 0.532. The highest BCUT2D eigenvalue weighted by atomic mass is 127. The summed E-state index contributed by atoms with van der Waals surface area (Å²) in [6.45, 7) is 1.53. The van der Waals surface area contributed by atoms with E-state index in [4.69, 9.17) is 0 Å². The van der Waals surface area contributed by atoms with Crippen LogP contribution in [0.3, 0.4) is 0 Å². The van der Waals surface area contributed by atoms with Crippen molar-refractivity contribution in [1.29, 1.82) is 0 Å². The van der Waals surface area contributed by atoms with E-state index < -0.39 is 0 Å². The fourth-order valence-corrected chi connectivity index (χ4v) is 2.53. The second-order valence-electron chi connectivity index (χ2n) is 2.87. The molecule has 2 aromatic rings. The van der Waals surface area contributed by atoms with Gasteiger partial charge in [-0.1, -0.05) is 0 Å². The van der Waals surface area contributed by atoms with Gasteiger partial charge in [-0.05, 0) is 56.7 Å². The third-order valence-corrected chi connectivity index (χ3v) is 3.12. The van der Waals surface area contributed by atoms with Gasteiger partial charge in [-0.3, -0.25) is 9.36 Å². The second-order valence-corrected chi connectivity index (χ2v) is 4.79. The first kappa shape index (κ1) is 10.1. The molecule has 0 aliphatic rings. The van der Waals surface area contributed by atoms with E-state index in [0.29, 0.717) is 5.65 Å². The number of carbonyl (C=O) groups is 1. The summed E-state index contributed by atoms with van der Waals surface area (Å²) in [6.07, 6.45) is 0. The molecule has 0 aromatic carbocycles. The number of nitrogens with zero attached hydrogens (tertiary/aromatic N) is 2. The minimum atomic E-state index is -0.0185. The number of rotatable bonds is 0. The van der Waals surface area contributed by atoms with Gasteiger partial charge in [0, 0.05) is 12.3 Å². The van der Waals surface area contributed by atoms with Crippen molar-refractivity contribution in [1.82, 2.24) is 9.55 Å². The normalized spacial score (nSPS) is 10.8. The van der Waals surface area contributed by atoms with Gasteiger partial charge in [-0.25, -0.2) is 4.98 Å². The van der Waals surface area contributed by atoms with E-state index >= 15 is 0 Å². The van der Waals surface area contributed by atoms with Crippen LogP contribution >= 0.6 is 38.5 Å². The van der Waals surface area contributed by atoms with E-state index in [9.17, 15) is 4.79 Å². The van der Waals surface area contributed by atoms with Crippen molar-refractivity contribution in [3.05, 3.63) is 26.5 Å². The van der Waals surface area contributed by atoms with Crippen molar-refractivity contribution in [2.45, 2.75) is 6.92 Å². The maximum atomic E-state index is 11.4. The number of halogens is 2. The Bertz CT molecular complexity index is 521. The van der Waals surface area contributed by atoms with E-state index in [2.05, 4.69) is 43.5 Å². The smallest absolute Gasteiger partial charge is 0.229 e. The van der Waals surface area contributed by atoms with Crippen molar-refractivity contribution in [3.8, 4) is 0 Å². The van der Waals surface area contributed by atoms with Crippen LogP contribution in [0.4, 0.5) is 0 Å². The molecule has 0 aliphatic carbocycles. The molecule has 0 saturated carbocycles. The Morgan fingerprint density at radius 3 is 2.93 bits per heavy atom. The van der Waals surface area contributed by atoms with Gasteiger partial charge in [0.25, 0.3) is 0 Å². The fraction of sp³-hybridized carbons (Fsp3) is 0.111. The summed E-state index contributed by atoms with van der Waals surface area (Å²) >= 11 is 5.41. The molecule has 0 N–H and O–H groups in total. The van der Waals surface area contributed by atoms with Crippen molar-refractivity contribution in [2.75, 3.05) is 0 Å². The van der Waals surface area contributed by atoms with Crippen LogP contribution < -0.4 is 0 Å². The van der Waals surface area contributed by atoms with Gasteiger partial charge in [0.05, 0.1) is 3.70 Å². The highest BCUT2D eigenvalue weighted by Gasteiger charge is 2.11. The second kappa shape index (κ2) is 3.62. The third kappa shape index (κ3) is 1.58. The fourth-order valence-electron chi connectivity index (χ4n) is 1.32. The number of aromatic nitrogens is 2. The van der Waals surface area contributed by atoms with Gasteiger partial charge >= 0.3 is 0 Å². The predicted molar refractivity (Wildman–Crippen MR) is 66.5 cm³/mol. The molecule has 72 valence electrons. The molecule has 0 saturated heterocycles. The van der Waals surface area contributed by atoms with Crippen LogP contribution in [-0.2, 0) is 0 Å². The first-order valence-corrected chi connectivity index (χ1v) is 5.81. The van der Waals surface area contributed by atoms with Crippen LogP contribution in [0.15, 0.2) is 22.8 Å². The molecule has 0 amide bonds. The maximum absolute atomic E-state index is 11.4. The molecule has 0 bridgehead atoms. The van der Waals surface area contributed by atoms with Crippen molar-refractivity contribution in [3.63, 3.8) is 0 Å². The van der Waals surface area contributed by atoms with Gasteiger partial charge in [0.15, 0.2) is 0 Å². The molecular formula is C9H6BrIN2O. The number of carbonyl (C=O) groups excluding carboxylic acids is 1.